The van der Waals surface area contributed by atoms with Crippen LogP contribution in [-0.2, 0) is 4.79 Å². The van der Waals surface area contributed by atoms with Crippen LogP contribution in [0.2, 0.25) is 0 Å². The van der Waals surface area contributed by atoms with Gasteiger partial charge in [0.1, 0.15) is 5.82 Å². The zero-order chi connectivity index (χ0) is 24.9. The molecular formula is C27H40Cl2N6O3. The van der Waals surface area contributed by atoms with E-state index in [1.54, 1.807) is 13.3 Å². The zero-order valence-electron chi connectivity index (χ0n) is 22.0. The minimum atomic E-state index is -0.200. The molecule has 0 unspecified atom stereocenters. The molecule has 2 aliphatic carbocycles. The predicted octanol–water partition coefficient (Wildman–Crippen LogP) is 5.08. The van der Waals surface area contributed by atoms with Gasteiger partial charge in [-0.1, -0.05) is 12.8 Å². The maximum Gasteiger partial charge on any atom is 0.229 e. The number of nitrogens with zero attached hydrogens (tertiary/aromatic N) is 4. The average molecular weight is 568 g/mol. The van der Waals surface area contributed by atoms with Gasteiger partial charge in [0.2, 0.25) is 17.7 Å². The summed E-state index contributed by atoms with van der Waals surface area (Å²) in [5, 5.41) is 16.9. The minimum absolute atomic E-state index is 0. The van der Waals surface area contributed by atoms with Crippen molar-refractivity contribution in [3.05, 3.63) is 30.1 Å². The van der Waals surface area contributed by atoms with E-state index < -0.39 is 0 Å². The molecule has 0 spiro atoms. The molecule has 0 aromatic carbocycles. The highest BCUT2D eigenvalue weighted by Gasteiger charge is 2.32. The fraction of sp³-hybridized carbons (Fsp3) is 0.630. The summed E-state index contributed by atoms with van der Waals surface area (Å²) in [6, 6.07) is 3.94. The summed E-state index contributed by atoms with van der Waals surface area (Å²) in [5.41, 5.74) is 1.92. The maximum atomic E-state index is 12.9. The van der Waals surface area contributed by atoms with Gasteiger partial charge in [0.05, 0.1) is 13.2 Å². The second-order valence-electron chi connectivity index (χ2n) is 10.4. The van der Waals surface area contributed by atoms with E-state index >= 15 is 0 Å². The Balaban J connectivity index is 0.00000200. The lowest BCUT2D eigenvalue weighted by Crippen LogP contribution is -2.41. The number of rotatable bonds is 7. The summed E-state index contributed by atoms with van der Waals surface area (Å²) in [6.45, 7) is 1.59. The van der Waals surface area contributed by atoms with Crippen LogP contribution >= 0.6 is 24.8 Å². The quantitative estimate of drug-likeness (QED) is 0.425. The van der Waals surface area contributed by atoms with Crippen molar-refractivity contribution in [2.24, 2.45) is 5.92 Å². The number of aliphatic hydroxyl groups excluding tert-OH is 1. The SMILES string of the molecule is COc1cc(Nc2ncc(C3CCN(C(=O)C4CCCC4)CC3)c(NC3CCC(O)CC3)n2)ccn1.Cl.Cl. The Morgan fingerprint density at radius 2 is 1.74 bits per heavy atom. The molecule has 3 N–H and O–H groups in total. The summed E-state index contributed by atoms with van der Waals surface area (Å²) < 4.78 is 5.23. The first-order chi connectivity index (χ1) is 17.6. The van der Waals surface area contributed by atoms with E-state index in [0.29, 0.717) is 23.7 Å². The van der Waals surface area contributed by atoms with Crippen LogP contribution in [-0.4, -0.2) is 63.2 Å². The van der Waals surface area contributed by atoms with E-state index in [1.807, 2.05) is 18.3 Å². The van der Waals surface area contributed by atoms with Gasteiger partial charge >= 0.3 is 0 Å². The number of piperidine rings is 1. The minimum Gasteiger partial charge on any atom is -0.481 e. The van der Waals surface area contributed by atoms with Crippen molar-refractivity contribution in [2.75, 3.05) is 30.8 Å². The Labute approximate surface area is 237 Å². The van der Waals surface area contributed by atoms with Gasteiger partial charge < -0.3 is 25.4 Å². The highest BCUT2D eigenvalue weighted by Crippen LogP contribution is 2.35. The number of carbonyl (C=O) groups excluding carboxylic acids is 1. The molecule has 0 radical (unpaired) electrons. The van der Waals surface area contributed by atoms with E-state index in [4.69, 9.17) is 9.72 Å². The molecule has 3 aliphatic rings. The van der Waals surface area contributed by atoms with Gasteiger partial charge in [-0.3, -0.25) is 4.79 Å². The van der Waals surface area contributed by atoms with E-state index in [2.05, 4.69) is 25.5 Å². The normalized spacial score (nSPS) is 22.2. The predicted molar refractivity (Wildman–Crippen MR) is 153 cm³/mol. The zero-order valence-corrected chi connectivity index (χ0v) is 23.6. The van der Waals surface area contributed by atoms with Gasteiger partial charge in [0, 0.05) is 54.8 Å². The second kappa shape index (κ2) is 14.1. The molecule has 1 saturated heterocycles. The number of aliphatic hydroxyl groups is 1. The molecule has 2 aromatic rings. The Morgan fingerprint density at radius 3 is 2.42 bits per heavy atom. The van der Waals surface area contributed by atoms with Crippen molar-refractivity contribution >= 4 is 48.2 Å². The lowest BCUT2D eigenvalue weighted by molar-refractivity contribution is -0.136. The third-order valence-electron chi connectivity index (χ3n) is 8.01. The number of aromatic nitrogens is 3. The molecule has 11 heteroatoms. The van der Waals surface area contributed by atoms with Gasteiger partial charge in [0.15, 0.2) is 0 Å². The summed E-state index contributed by atoms with van der Waals surface area (Å²) >= 11 is 0. The molecule has 1 aliphatic heterocycles. The third kappa shape index (κ3) is 7.39. The van der Waals surface area contributed by atoms with Crippen LogP contribution in [0.5, 0.6) is 5.88 Å². The number of anilines is 3. The van der Waals surface area contributed by atoms with Gasteiger partial charge in [-0.25, -0.2) is 9.97 Å². The second-order valence-corrected chi connectivity index (χ2v) is 10.4. The number of carbonyl (C=O) groups is 1. The molecule has 1 amide bonds. The molecule has 3 fully saturated rings. The van der Waals surface area contributed by atoms with Crippen molar-refractivity contribution in [3.63, 3.8) is 0 Å². The first kappa shape index (κ1) is 30.2. The van der Waals surface area contributed by atoms with Gasteiger partial charge in [-0.15, -0.1) is 24.8 Å². The van der Waals surface area contributed by atoms with Crippen molar-refractivity contribution < 1.29 is 14.6 Å². The molecule has 2 saturated carbocycles. The highest BCUT2D eigenvalue weighted by molar-refractivity contribution is 5.85. The van der Waals surface area contributed by atoms with Crippen LogP contribution < -0.4 is 15.4 Å². The summed E-state index contributed by atoms with van der Waals surface area (Å²) in [5.74, 6) is 2.79. The first-order valence-corrected chi connectivity index (χ1v) is 13.5. The van der Waals surface area contributed by atoms with E-state index in [9.17, 15) is 9.90 Å². The number of halogens is 2. The average Bonchev–Trinajstić information content (AvgIpc) is 3.45. The Hall–Kier alpha value is -2.36. The maximum absolute atomic E-state index is 12.9. The topological polar surface area (TPSA) is 112 Å². The molecule has 0 atom stereocenters. The van der Waals surface area contributed by atoms with Crippen LogP contribution in [0.25, 0.3) is 0 Å². The summed E-state index contributed by atoms with van der Waals surface area (Å²) in [4.78, 5) is 28.7. The lowest BCUT2D eigenvalue weighted by Gasteiger charge is -2.35. The number of amides is 1. The number of hydrogen-bond donors (Lipinski definition) is 3. The molecule has 3 heterocycles. The smallest absolute Gasteiger partial charge is 0.229 e. The van der Waals surface area contributed by atoms with Crippen molar-refractivity contribution in [2.45, 2.75) is 82.3 Å². The summed E-state index contributed by atoms with van der Waals surface area (Å²) in [6.07, 6.45) is 13.2. The third-order valence-corrected chi connectivity index (χ3v) is 8.01. The first-order valence-electron chi connectivity index (χ1n) is 13.5. The van der Waals surface area contributed by atoms with Crippen LogP contribution in [0, 0.1) is 5.92 Å². The lowest BCUT2D eigenvalue weighted by atomic mass is 9.89. The van der Waals surface area contributed by atoms with E-state index in [1.165, 1.54) is 12.8 Å². The van der Waals surface area contributed by atoms with E-state index in [0.717, 1.165) is 81.5 Å². The number of ether oxygens (including phenoxy) is 1. The number of nitrogens with one attached hydrogen (secondary N) is 2. The Bertz CT molecular complexity index is 1040. The van der Waals surface area contributed by atoms with Gasteiger partial charge in [-0.2, -0.15) is 4.98 Å². The van der Waals surface area contributed by atoms with Crippen molar-refractivity contribution in [1.29, 1.82) is 0 Å². The number of methoxy groups -OCH3 is 1. The van der Waals surface area contributed by atoms with Crippen LogP contribution in [0.4, 0.5) is 17.5 Å². The molecular weight excluding hydrogens is 527 g/mol. The fourth-order valence-electron chi connectivity index (χ4n) is 5.85. The molecule has 2 aromatic heterocycles. The van der Waals surface area contributed by atoms with Gasteiger partial charge in [0.25, 0.3) is 0 Å². The molecule has 210 valence electrons. The number of hydrogen-bond acceptors (Lipinski definition) is 8. The number of likely N-dealkylation sites (tertiary alicyclic amines) is 1. The molecule has 9 nitrogen and oxygen atoms in total. The van der Waals surface area contributed by atoms with Crippen molar-refractivity contribution in [1.82, 2.24) is 19.9 Å². The number of pyridine rings is 1. The van der Waals surface area contributed by atoms with Crippen LogP contribution in [0.1, 0.15) is 75.7 Å². The summed E-state index contributed by atoms with van der Waals surface area (Å²) in [7, 11) is 1.59. The fourth-order valence-corrected chi connectivity index (χ4v) is 5.85. The standard InChI is InChI=1S/C27H38N6O3.2ClH/c1-36-24-16-21(10-13-28-24)31-27-29-17-23(25(32-27)30-20-6-8-22(34)9-7-20)18-11-14-33(15-12-18)26(35)19-4-2-3-5-19;;/h10,13,16-20,22,34H,2-9,11-12,14-15H2,1H3,(H2,28,29,30,31,32);2*1H. The Kier molecular flexibility index (Phi) is 11.2. The van der Waals surface area contributed by atoms with Crippen LogP contribution in [0.3, 0.4) is 0 Å². The molecule has 5 rings (SSSR count). The largest absolute Gasteiger partial charge is 0.481 e. The highest BCUT2D eigenvalue weighted by atomic mass is 35.5. The molecule has 38 heavy (non-hydrogen) atoms. The monoisotopic (exact) mass is 566 g/mol. The molecule has 0 bridgehead atoms. The van der Waals surface area contributed by atoms with Crippen LogP contribution in [0.15, 0.2) is 24.5 Å². The van der Waals surface area contributed by atoms with Gasteiger partial charge in [-0.05, 0) is 63.4 Å². The van der Waals surface area contributed by atoms with E-state index in [-0.39, 0.29) is 42.9 Å². The van der Waals surface area contributed by atoms with Crippen molar-refractivity contribution in [3.8, 4) is 5.88 Å². The Morgan fingerprint density at radius 1 is 1.03 bits per heavy atom.